The van der Waals surface area contributed by atoms with Crippen LogP contribution in [0.2, 0.25) is 0 Å². The Balaban J connectivity index is 2.03. The zero-order chi connectivity index (χ0) is 12.1. The molecule has 96 valence electrons. The van der Waals surface area contributed by atoms with Crippen molar-refractivity contribution in [2.24, 2.45) is 0 Å². The second-order valence-corrected chi connectivity index (χ2v) is 4.51. The van der Waals surface area contributed by atoms with Gasteiger partial charge in [0.1, 0.15) is 6.10 Å². The summed E-state index contributed by atoms with van der Waals surface area (Å²) in [6.45, 7) is 3.15. The van der Waals surface area contributed by atoms with Crippen LogP contribution in [-0.2, 0) is 4.74 Å². The first-order chi connectivity index (χ1) is 8.35. The maximum Gasteiger partial charge on any atom is 0.243 e. The van der Waals surface area contributed by atoms with Crippen LogP contribution in [0.4, 0.5) is 0 Å². The average Bonchev–Trinajstić information content (AvgIpc) is 2.86. The monoisotopic (exact) mass is 239 g/mol. The van der Waals surface area contributed by atoms with Gasteiger partial charge in [-0.05, 0) is 25.8 Å². The van der Waals surface area contributed by atoms with Crippen molar-refractivity contribution >= 4 is 0 Å². The molecule has 0 aliphatic carbocycles. The Morgan fingerprint density at radius 1 is 1.53 bits per heavy atom. The highest BCUT2D eigenvalue weighted by atomic mass is 16.5. The first kappa shape index (κ1) is 12.5. The quantitative estimate of drug-likeness (QED) is 0.854. The summed E-state index contributed by atoms with van der Waals surface area (Å²) < 4.78 is 10.7. The van der Waals surface area contributed by atoms with Gasteiger partial charge in [0, 0.05) is 7.11 Å². The molecule has 1 aliphatic rings. The molecule has 1 saturated heterocycles. The third-order valence-corrected chi connectivity index (χ3v) is 3.19. The largest absolute Gasteiger partial charge is 0.373 e. The smallest absolute Gasteiger partial charge is 0.243 e. The van der Waals surface area contributed by atoms with Gasteiger partial charge >= 0.3 is 0 Å². The number of rotatable bonds is 5. The molecule has 1 N–H and O–H groups in total. The molecule has 2 atom stereocenters. The highest BCUT2D eigenvalue weighted by Crippen LogP contribution is 2.24. The molecular weight excluding hydrogens is 218 g/mol. The molecule has 1 unspecified atom stereocenters. The number of hydrogen-bond acceptors (Lipinski definition) is 5. The van der Waals surface area contributed by atoms with E-state index in [0.717, 1.165) is 25.8 Å². The SMILES string of the molecule is CCCC(OC)c1noc([C@@H]2CCCCN2)n1. The summed E-state index contributed by atoms with van der Waals surface area (Å²) in [5.41, 5.74) is 0. The Bertz CT molecular complexity index is 315. The van der Waals surface area contributed by atoms with E-state index in [-0.39, 0.29) is 12.1 Å². The third-order valence-electron chi connectivity index (χ3n) is 3.19. The van der Waals surface area contributed by atoms with Crippen LogP contribution in [-0.4, -0.2) is 23.8 Å². The molecule has 1 aliphatic heterocycles. The molecule has 0 bridgehead atoms. The van der Waals surface area contributed by atoms with E-state index in [1.807, 2.05) is 0 Å². The summed E-state index contributed by atoms with van der Waals surface area (Å²) >= 11 is 0. The minimum atomic E-state index is -0.0407. The highest BCUT2D eigenvalue weighted by molar-refractivity contribution is 4.97. The predicted molar refractivity (Wildman–Crippen MR) is 63.6 cm³/mol. The molecule has 1 fully saturated rings. The van der Waals surface area contributed by atoms with E-state index in [1.165, 1.54) is 12.8 Å². The van der Waals surface area contributed by atoms with Crippen molar-refractivity contribution in [3.8, 4) is 0 Å². The summed E-state index contributed by atoms with van der Waals surface area (Å²) in [7, 11) is 1.69. The second kappa shape index (κ2) is 6.12. The molecule has 0 spiro atoms. The maximum atomic E-state index is 5.37. The molecule has 0 radical (unpaired) electrons. The van der Waals surface area contributed by atoms with Crippen LogP contribution in [0.1, 0.15) is 62.9 Å². The predicted octanol–water partition coefficient (Wildman–Crippen LogP) is 2.37. The van der Waals surface area contributed by atoms with Crippen molar-refractivity contribution in [1.82, 2.24) is 15.5 Å². The van der Waals surface area contributed by atoms with Gasteiger partial charge in [0.05, 0.1) is 6.04 Å². The number of ether oxygens (including phenoxy) is 1. The normalized spacial score (nSPS) is 22.6. The van der Waals surface area contributed by atoms with Crippen molar-refractivity contribution in [2.75, 3.05) is 13.7 Å². The Labute approximate surface area is 102 Å². The van der Waals surface area contributed by atoms with E-state index in [4.69, 9.17) is 9.26 Å². The summed E-state index contributed by atoms with van der Waals surface area (Å²) in [5, 5.41) is 7.43. The molecule has 17 heavy (non-hydrogen) atoms. The molecule has 5 nitrogen and oxygen atoms in total. The van der Waals surface area contributed by atoms with Crippen molar-refractivity contribution < 1.29 is 9.26 Å². The van der Waals surface area contributed by atoms with Gasteiger partial charge in [0.2, 0.25) is 11.7 Å². The summed E-state index contributed by atoms with van der Waals surface area (Å²) in [6.07, 6.45) is 5.46. The van der Waals surface area contributed by atoms with Gasteiger partial charge in [-0.1, -0.05) is 24.9 Å². The van der Waals surface area contributed by atoms with Crippen LogP contribution < -0.4 is 5.32 Å². The van der Waals surface area contributed by atoms with E-state index >= 15 is 0 Å². The Hall–Kier alpha value is -0.940. The minimum Gasteiger partial charge on any atom is -0.373 e. The highest BCUT2D eigenvalue weighted by Gasteiger charge is 2.23. The van der Waals surface area contributed by atoms with Gasteiger partial charge < -0.3 is 14.6 Å². The van der Waals surface area contributed by atoms with Crippen LogP contribution in [0, 0.1) is 0 Å². The lowest BCUT2D eigenvalue weighted by atomic mass is 10.1. The molecule has 0 saturated carbocycles. The average molecular weight is 239 g/mol. The van der Waals surface area contributed by atoms with Crippen LogP contribution in [0.5, 0.6) is 0 Å². The minimum absolute atomic E-state index is 0.0407. The standard InChI is InChI=1S/C12H21N3O2/c1-3-6-10(16-2)11-14-12(17-15-11)9-7-4-5-8-13-9/h9-10,13H,3-8H2,1-2H3/t9-,10?/m0/s1. The van der Waals surface area contributed by atoms with Gasteiger partial charge in [0.25, 0.3) is 0 Å². The Morgan fingerprint density at radius 3 is 3.06 bits per heavy atom. The maximum absolute atomic E-state index is 5.37. The topological polar surface area (TPSA) is 60.2 Å². The lowest BCUT2D eigenvalue weighted by Gasteiger charge is -2.19. The fraction of sp³-hybridized carbons (Fsp3) is 0.833. The van der Waals surface area contributed by atoms with Gasteiger partial charge in [-0.2, -0.15) is 4.98 Å². The zero-order valence-corrected chi connectivity index (χ0v) is 10.6. The lowest BCUT2D eigenvalue weighted by Crippen LogP contribution is -2.27. The molecule has 1 aromatic heterocycles. The number of nitrogens with one attached hydrogen (secondary N) is 1. The van der Waals surface area contributed by atoms with Crippen molar-refractivity contribution in [2.45, 2.75) is 51.2 Å². The van der Waals surface area contributed by atoms with Crippen LogP contribution >= 0.6 is 0 Å². The number of aromatic nitrogens is 2. The molecule has 1 aromatic rings. The summed E-state index contributed by atoms with van der Waals surface area (Å²) in [5.74, 6) is 1.38. The summed E-state index contributed by atoms with van der Waals surface area (Å²) in [6, 6.07) is 0.226. The molecule has 2 rings (SSSR count). The van der Waals surface area contributed by atoms with E-state index in [1.54, 1.807) is 7.11 Å². The van der Waals surface area contributed by atoms with Crippen molar-refractivity contribution in [3.63, 3.8) is 0 Å². The molecule has 0 amide bonds. The van der Waals surface area contributed by atoms with Crippen LogP contribution in [0.25, 0.3) is 0 Å². The van der Waals surface area contributed by atoms with Crippen LogP contribution in [0.3, 0.4) is 0 Å². The van der Waals surface area contributed by atoms with Crippen molar-refractivity contribution in [1.29, 1.82) is 0 Å². The van der Waals surface area contributed by atoms with Crippen molar-refractivity contribution in [3.05, 3.63) is 11.7 Å². The summed E-state index contributed by atoms with van der Waals surface area (Å²) in [4.78, 5) is 4.46. The zero-order valence-electron chi connectivity index (χ0n) is 10.6. The molecule has 2 heterocycles. The Kier molecular flexibility index (Phi) is 4.50. The van der Waals surface area contributed by atoms with Gasteiger partial charge in [-0.3, -0.25) is 0 Å². The number of piperidine rings is 1. The number of nitrogens with zero attached hydrogens (tertiary/aromatic N) is 2. The number of methoxy groups -OCH3 is 1. The lowest BCUT2D eigenvalue weighted by molar-refractivity contribution is 0.0854. The number of hydrogen-bond donors (Lipinski definition) is 1. The van der Waals surface area contributed by atoms with E-state index in [9.17, 15) is 0 Å². The van der Waals surface area contributed by atoms with E-state index < -0.39 is 0 Å². The third kappa shape index (κ3) is 3.04. The fourth-order valence-electron chi connectivity index (χ4n) is 2.20. The molecule has 0 aromatic carbocycles. The van der Waals surface area contributed by atoms with E-state index in [0.29, 0.717) is 11.7 Å². The van der Waals surface area contributed by atoms with Gasteiger partial charge in [-0.25, -0.2) is 0 Å². The fourth-order valence-corrected chi connectivity index (χ4v) is 2.20. The van der Waals surface area contributed by atoms with E-state index in [2.05, 4.69) is 22.4 Å². The first-order valence-electron chi connectivity index (χ1n) is 6.44. The van der Waals surface area contributed by atoms with Gasteiger partial charge in [0.15, 0.2) is 0 Å². The first-order valence-corrected chi connectivity index (χ1v) is 6.44. The Morgan fingerprint density at radius 2 is 2.41 bits per heavy atom. The second-order valence-electron chi connectivity index (χ2n) is 4.51. The van der Waals surface area contributed by atoms with Gasteiger partial charge in [-0.15, -0.1) is 0 Å². The molecular formula is C12H21N3O2. The molecule has 5 heteroatoms. The van der Waals surface area contributed by atoms with Crippen LogP contribution in [0.15, 0.2) is 4.52 Å².